The zero-order valence-electron chi connectivity index (χ0n) is 10.4. The fourth-order valence-electron chi connectivity index (χ4n) is 1.24. The second-order valence-corrected chi connectivity index (χ2v) is 5.67. The van der Waals surface area contributed by atoms with Gasteiger partial charge in [0.25, 0.3) is 10.0 Å². The van der Waals surface area contributed by atoms with Crippen LogP contribution in [0.4, 0.5) is 0 Å². The van der Waals surface area contributed by atoms with Crippen molar-refractivity contribution < 1.29 is 13.2 Å². The number of sulfonamides is 1. The van der Waals surface area contributed by atoms with Gasteiger partial charge in [-0.3, -0.25) is 0 Å². The summed E-state index contributed by atoms with van der Waals surface area (Å²) in [6.07, 6.45) is 1.24. The molecule has 100 valence electrons. The average Bonchev–Trinajstić information content (AvgIpc) is 2.35. The Balaban J connectivity index is 3.18. The Morgan fingerprint density at radius 2 is 2.11 bits per heavy atom. The smallest absolute Gasteiger partial charge is 0.283 e. The molecular weight excluding hydrogens is 276 g/mol. The number of ether oxygens (including phenoxy) is 1. The van der Waals surface area contributed by atoms with Gasteiger partial charge in [-0.25, -0.2) is 0 Å². The van der Waals surface area contributed by atoms with E-state index >= 15 is 0 Å². The maximum Gasteiger partial charge on any atom is 0.283 e. The van der Waals surface area contributed by atoms with Gasteiger partial charge >= 0.3 is 0 Å². The first-order valence-electron chi connectivity index (χ1n) is 5.10. The third-order valence-electron chi connectivity index (χ3n) is 2.11. The molecule has 0 unspecified atom stereocenters. The molecule has 0 amide bonds. The molecule has 0 N–H and O–H groups in total. The Bertz CT molecular complexity index is 541. The minimum atomic E-state index is -3.70. The van der Waals surface area contributed by atoms with Crippen LogP contribution in [0.2, 0.25) is 0 Å². The third-order valence-corrected chi connectivity index (χ3v) is 3.62. The number of hydrogen-bond donors (Lipinski definition) is 0. The Kier molecular flexibility index (Phi) is 4.98. The summed E-state index contributed by atoms with van der Waals surface area (Å²) in [6.45, 7) is 0. The van der Waals surface area contributed by atoms with Crippen molar-refractivity contribution in [3.63, 3.8) is 0 Å². The molecule has 18 heavy (non-hydrogen) atoms. The lowest BCUT2D eigenvalue weighted by Gasteiger charge is -2.08. The van der Waals surface area contributed by atoms with Crippen LogP contribution in [0.1, 0.15) is 5.56 Å². The number of methoxy groups -OCH3 is 1. The molecule has 0 fully saturated rings. The third kappa shape index (κ3) is 3.61. The SMILES string of the molecule is COc1ccc(S(=O)(=O)N=CN(C)C)cc1CCl. The number of rotatable bonds is 5. The fraction of sp³-hybridized carbons (Fsp3) is 0.364. The summed E-state index contributed by atoms with van der Waals surface area (Å²) in [7, 11) is 1.19. The van der Waals surface area contributed by atoms with E-state index in [-0.39, 0.29) is 10.8 Å². The van der Waals surface area contributed by atoms with E-state index in [0.717, 1.165) is 0 Å². The standard InChI is InChI=1S/C11H15ClN2O3S/c1-14(2)8-13-18(15,16)10-4-5-11(17-3)9(6-10)7-12/h4-6,8H,7H2,1-3H3. The molecule has 1 rings (SSSR count). The van der Waals surface area contributed by atoms with Crippen LogP contribution in [0.25, 0.3) is 0 Å². The highest BCUT2D eigenvalue weighted by atomic mass is 35.5. The largest absolute Gasteiger partial charge is 0.496 e. The van der Waals surface area contributed by atoms with Crippen LogP contribution in [-0.4, -0.2) is 40.9 Å². The highest BCUT2D eigenvalue weighted by molar-refractivity contribution is 7.90. The van der Waals surface area contributed by atoms with E-state index in [1.165, 1.54) is 25.6 Å². The second kappa shape index (κ2) is 6.06. The quantitative estimate of drug-likeness (QED) is 0.471. The summed E-state index contributed by atoms with van der Waals surface area (Å²) in [4.78, 5) is 1.64. The van der Waals surface area contributed by atoms with Crippen LogP contribution in [0.3, 0.4) is 0 Å². The molecule has 0 radical (unpaired) electrons. The normalized spacial score (nSPS) is 11.8. The van der Waals surface area contributed by atoms with Gasteiger partial charge in [0.05, 0.1) is 17.9 Å². The summed E-state index contributed by atoms with van der Waals surface area (Å²) >= 11 is 5.74. The predicted molar refractivity (Wildman–Crippen MR) is 71.9 cm³/mol. The molecule has 0 saturated carbocycles. The van der Waals surface area contributed by atoms with Gasteiger partial charge in [-0.05, 0) is 18.2 Å². The van der Waals surface area contributed by atoms with Gasteiger partial charge in [0.1, 0.15) is 12.1 Å². The van der Waals surface area contributed by atoms with Gasteiger partial charge < -0.3 is 9.64 Å². The number of halogens is 1. The van der Waals surface area contributed by atoms with Crippen LogP contribution in [0, 0.1) is 0 Å². The van der Waals surface area contributed by atoms with Crippen molar-refractivity contribution in [1.82, 2.24) is 4.90 Å². The van der Waals surface area contributed by atoms with Crippen LogP contribution in [-0.2, 0) is 15.9 Å². The van der Waals surface area contributed by atoms with Crippen molar-refractivity contribution in [2.45, 2.75) is 10.8 Å². The summed E-state index contributed by atoms with van der Waals surface area (Å²) < 4.78 is 32.4. The molecule has 0 aliphatic rings. The molecule has 0 aliphatic carbocycles. The van der Waals surface area contributed by atoms with Crippen LogP contribution in [0.15, 0.2) is 27.5 Å². The number of nitrogens with zero attached hydrogens (tertiary/aromatic N) is 2. The topological polar surface area (TPSA) is 59.0 Å². The van der Waals surface area contributed by atoms with Crippen molar-refractivity contribution in [3.05, 3.63) is 23.8 Å². The summed E-state index contributed by atoms with van der Waals surface area (Å²) in [5.41, 5.74) is 0.611. The second-order valence-electron chi connectivity index (χ2n) is 3.77. The predicted octanol–water partition coefficient (Wildman–Crippen LogP) is 1.71. The van der Waals surface area contributed by atoms with E-state index in [9.17, 15) is 8.42 Å². The van der Waals surface area contributed by atoms with Gasteiger partial charge in [-0.1, -0.05) is 0 Å². The Labute approximate surface area is 112 Å². The number of hydrogen-bond acceptors (Lipinski definition) is 3. The minimum absolute atomic E-state index is 0.0945. The minimum Gasteiger partial charge on any atom is -0.496 e. The first kappa shape index (κ1) is 14.8. The molecular formula is C11H15ClN2O3S. The zero-order valence-corrected chi connectivity index (χ0v) is 12.0. The van der Waals surface area contributed by atoms with Gasteiger partial charge in [0.15, 0.2) is 0 Å². The number of alkyl halides is 1. The molecule has 0 aliphatic heterocycles. The maximum absolute atomic E-state index is 11.9. The highest BCUT2D eigenvalue weighted by Gasteiger charge is 2.14. The maximum atomic E-state index is 11.9. The lowest BCUT2D eigenvalue weighted by atomic mass is 10.2. The van der Waals surface area contributed by atoms with Crippen LogP contribution >= 0.6 is 11.6 Å². The molecule has 0 atom stereocenters. The Morgan fingerprint density at radius 3 is 2.61 bits per heavy atom. The van der Waals surface area contributed by atoms with Gasteiger partial charge in [0.2, 0.25) is 0 Å². The molecule has 1 aromatic rings. The average molecular weight is 291 g/mol. The van der Waals surface area contributed by atoms with Crippen LogP contribution in [0.5, 0.6) is 5.75 Å². The molecule has 0 aromatic heterocycles. The molecule has 5 nitrogen and oxygen atoms in total. The zero-order chi connectivity index (χ0) is 13.8. The molecule has 7 heteroatoms. The molecule has 0 spiro atoms. The molecule has 1 aromatic carbocycles. The summed E-state index contributed by atoms with van der Waals surface area (Å²) in [5, 5.41) is 0. The van der Waals surface area contributed by atoms with E-state index in [0.29, 0.717) is 11.3 Å². The van der Waals surface area contributed by atoms with Crippen molar-refractivity contribution in [2.75, 3.05) is 21.2 Å². The lowest BCUT2D eigenvalue weighted by molar-refractivity contribution is 0.411. The monoisotopic (exact) mass is 290 g/mol. The van der Waals surface area contributed by atoms with E-state index in [1.807, 2.05) is 0 Å². The summed E-state index contributed by atoms with van der Waals surface area (Å²) in [5.74, 6) is 0.727. The van der Waals surface area contributed by atoms with Crippen LogP contribution < -0.4 is 4.74 Å². The first-order valence-corrected chi connectivity index (χ1v) is 7.08. The Hall–Kier alpha value is -1.27. The van der Waals surface area contributed by atoms with Gasteiger partial charge in [-0.2, -0.15) is 8.42 Å². The fourth-order valence-corrected chi connectivity index (χ4v) is 2.41. The van der Waals surface area contributed by atoms with Gasteiger partial charge in [-0.15, -0.1) is 16.0 Å². The Morgan fingerprint density at radius 1 is 1.44 bits per heavy atom. The van der Waals surface area contributed by atoms with Crippen molar-refractivity contribution >= 4 is 28.0 Å². The molecule has 0 saturated heterocycles. The van der Waals surface area contributed by atoms with E-state index in [2.05, 4.69) is 4.40 Å². The summed E-state index contributed by atoms with van der Waals surface area (Å²) in [6, 6.07) is 4.47. The lowest BCUT2D eigenvalue weighted by Crippen LogP contribution is -2.10. The van der Waals surface area contributed by atoms with Crippen molar-refractivity contribution in [2.24, 2.45) is 4.40 Å². The van der Waals surface area contributed by atoms with E-state index < -0.39 is 10.0 Å². The van der Waals surface area contributed by atoms with Gasteiger partial charge in [0, 0.05) is 19.7 Å². The first-order chi connectivity index (χ1) is 8.40. The number of benzene rings is 1. The molecule has 0 heterocycles. The highest BCUT2D eigenvalue weighted by Crippen LogP contribution is 2.24. The van der Waals surface area contributed by atoms with Crippen molar-refractivity contribution in [1.29, 1.82) is 0 Å². The molecule has 0 bridgehead atoms. The van der Waals surface area contributed by atoms with Crippen molar-refractivity contribution in [3.8, 4) is 5.75 Å². The van der Waals surface area contributed by atoms with E-state index in [4.69, 9.17) is 16.3 Å². The van der Waals surface area contributed by atoms with E-state index in [1.54, 1.807) is 25.1 Å².